The lowest BCUT2D eigenvalue weighted by Crippen LogP contribution is -2.13. The summed E-state index contributed by atoms with van der Waals surface area (Å²) in [4.78, 5) is 0. The maximum absolute atomic E-state index is 13.5. The lowest BCUT2D eigenvalue weighted by Gasteiger charge is -2.12. The molecule has 0 aromatic heterocycles. The molecule has 2 nitrogen and oxygen atoms in total. The summed E-state index contributed by atoms with van der Waals surface area (Å²) in [6.07, 6.45) is 2.26. The number of hydrogen-bond acceptors (Lipinski definition) is 2. The number of hydrogen-bond donors (Lipinski definition) is 1. The molecule has 1 aliphatic heterocycles. The standard InChI is InChI=1S/C12H16FNO/c1-2-15-12-6-5-9(8-10(12)13)11-4-3-7-14-11/h5-6,8,11,14H,2-4,7H2,1H3/t11-/m1/s1. The number of ether oxygens (including phenoxy) is 1. The van der Waals surface area contributed by atoms with Gasteiger partial charge in [-0.25, -0.2) is 4.39 Å². The molecule has 1 heterocycles. The molecule has 0 bridgehead atoms. The summed E-state index contributed by atoms with van der Waals surface area (Å²) < 4.78 is 18.7. The summed E-state index contributed by atoms with van der Waals surface area (Å²) in [6, 6.07) is 5.55. The van der Waals surface area contributed by atoms with Crippen LogP contribution in [0.25, 0.3) is 0 Å². The van der Waals surface area contributed by atoms with E-state index in [-0.39, 0.29) is 5.82 Å². The van der Waals surface area contributed by atoms with Crippen molar-refractivity contribution in [2.24, 2.45) is 0 Å². The first-order valence-corrected chi connectivity index (χ1v) is 5.47. The minimum absolute atomic E-state index is 0.261. The average Bonchev–Trinajstić information content (AvgIpc) is 2.74. The first kappa shape index (κ1) is 10.4. The Labute approximate surface area is 89.4 Å². The van der Waals surface area contributed by atoms with Crippen molar-refractivity contribution < 1.29 is 9.13 Å². The van der Waals surface area contributed by atoms with Crippen LogP contribution >= 0.6 is 0 Å². The van der Waals surface area contributed by atoms with Gasteiger partial charge in [-0.15, -0.1) is 0 Å². The maximum Gasteiger partial charge on any atom is 0.165 e. The number of halogens is 1. The zero-order valence-corrected chi connectivity index (χ0v) is 8.92. The van der Waals surface area contributed by atoms with Gasteiger partial charge in [-0.2, -0.15) is 0 Å². The highest BCUT2D eigenvalue weighted by atomic mass is 19.1. The topological polar surface area (TPSA) is 21.3 Å². The van der Waals surface area contributed by atoms with E-state index in [1.807, 2.05) is 13.0 Å². The van der Waals surface area contributed by atoms with Crippen LogP contribution in [0.3, 0.4) is 0 Å². The van der Waals surface area contributed by atoms with Gasteiger partial charge in [0.05, 0.1) is 6.61 Å². The second-order valence-corrected chi connectivity index (χ2v) is 3.77. The van der Waals surface area contributed by atoms with Crippen LogP contribution in [0.2, 0.25) is 0 Å². The van der Waals surface area contributed by atoms with Crippen molar-refractivity contribution in [3.8, 4) is 5.75 Å². The highest BCUT2D eigenvalue weighted by molar-refractivity contribution is 5.31. The molecule has 1 aliphatic rings. The monoisotopic (exact) mass is 209 g/mol. The molecule has 2 rings (SSSR count). The fraction of sp³-hybridized carbons (Fsp3) is 0.500. The van der Waals surface area contributed by atoms with Crippen molar-refractivity contribution in [3.05, 3.63) is 29.6 Å². The minimum atomic E-state index is -0.261. The van der Waals surface area contributed by atoms with Crippen molar-refractivity contribution in [2.75, 3.05) is 13.2 Å². The van der Waals surface area contributed by atoms with E-state index in [1.54, 1.807) is 12.1 Å². The van der Waals surface area contributed by atoms with Crippen LogP contribution in [0, 0.1) is 5.82 Å². The number of benzene rings is 1. The SMILES string of the molecule is CCOc1ccc([C@H]2CCCN2)cc1F. The molecule has 3 heteroatoms. The molecule has 82 valence electrons. The molecule has 0 aliphatic carbocycles. The maximum atomic E-state index is 13.5. The number of nitrogens with one attached hydrogen (secondary N) is 1. The third-order valence-corrected chi connectivity index (χ3v) is 2.72. The second-order valence-electron chi connectivity index (χ2n) is 3.77. The Balaban J connectivity index is 2.16. The Bertz CT molecular complexity index is 334. The fourth-order valence-corrected chi connectivity index (χ4v) is 1.98. The summed E-state index contributed by atoms with van der Waals surface area (Å²) in [5, 5.41) is 3.34. The molecule has 0 amide bonds. The summed E-state index contributed by atoms with van der Waals surface area (Å²) in [5.41, 5.74) is 1.02. The van der Waals surface area contributed by atoms with Crippen molar-refractivity contribution >= 4 is 0 Å². The van der Waals surface area contributed by atoms with Crippen molar-refractivity contribution in [3.63, 3.8) is 0 Å². The molecule has 1 N–H and O–H groups in total. The van der Waals surface area contributed by atoms with E-state index in [0.717, 1.165) is 18.5 Å². The van der Waals surface area contributed by atoms with E-state index in [4.69, 9.17) is 4.74 Å². The predicted octanol–water partition coefficient (Wildman–Crippen LogP) is 2.65. The molecule has 0 radical (unpaired) electrons. The molecular weight excluding hydrogens is 193 g/mol. The van der Waals surface area contributed by atoms with Crippen LogP contribution in [-0.4, -0.2) is 13.2 Å². The Morgan fingerprint density at radius 2 is 2.40 bits per heavy atom. The van der Waals surface area contributed by atoms with E-state index in [0.29, 0.717) is 18.4 Å². The number of rotatable bonds is 3. The molecule has 1 saturated heterocycles. The van der Waals surface area contributed by atoms with E-state index >= 15 is 0 Å². The third kappa shape index (κ3) is 2.29. The smallest absolute Gasteiger partial charge is 0.165 e. The molecule has 1 atom stereocenters. The Hall–Kier alpha value is -1.09. The van der Waals surface area contributed by atoms with Gasteiger partial charge in [0.25, 0.3) is 0 Å². The van der Waals surface area contributed by atoms with E-state index in [2.05, 4.69) is 5.32 Å². The molecule has 0 unspecified atom stereocenters. The summed E-state index contributed by atoms with van der Waals surface area (Å²) in [5.74, 6) is 0.0855. The summed E-state index contributed by atoms with van der Waals surface area (Å²) in [6.45, 7) is 3.38. The molecule has 1 aromatic rings. The Morgan fingerprint density at radius 3 is 3.00 bits per heavy atom. The summed E-state index contributed by atoms with van der Waals surface area (Å²) in [7, 11) is 0. The van der Waals surface area contributed by atoms with Crippen LogP contribution in [0.1, 0.15) is 31.4 Å². The lowest BCUT2D eigenvalue weighted by molar-refractivity contribution is 0.321. The van der Waals surface area contributed by atoms with E-state index in [1.165, 1.54) is 6.42 Å². The molecule has 0 spiro atoms. The predicted molar refractivity (Wildman–Crippen MR) is 57.5 cm³/mol. The van der Waals surface area contributed by atoms with E-state index in [9.17, 15) is 4.39 Å². The Kier molecular flexibility index (Phi) is 3.21. The zero-order valence-electron chi connectivity index (χ0n) is 8.92. The van der Waals surface area contributed by atoms with Crippen molar-refractivity contribution in [2.45, 2.75) is 25.8 Å². The van der Waals surface area contributed by atoms with E-state index < -0.39 is 0 Å². The molecule has 0 saturated carbocycles. The van der Waals surface area contributed by atoms with Crippen molar-refractivity contribution in [1.82, 2.24) is 5.32 Å². The second kappa shape index (κ2) is 4.62. The van der Waals surface area contributed by atoms with Gasteiger partial charge in [0.1, 0.15) is 0 Å². The van der Waals surface area contributed by atoms with Gasteiger partial charge in [0, 0.05) is 6.04 Å². The van der Waals surface area contributed by atoms with Crippen LogP contribution in [0.5, 0.6) is 5.75 Å². The highest BCUT2D eigenvalue weighted by Crippen LogP contribution is 2.26. The van der Waals surface area contributed by atoms with Crippen LogP contribution in [-0.2, 0) is 0 Å². The van der Waals surface area contributed by atoms with Crippen LogP contribution < -0.4 is 10.1 Å². The molecule has 15 heavy (non-hydrogen) atoms. The van der Waals surface area contributed by atoms with Gasteiger partial charge in [-0.3, -0.25) is 0 Å². The first-order chi connectivity index (χ1) is 7.31. The third-order valence-electron chi connectivity index (χ3n) is 2.72. The normalized spacial score (nSPS) is 20.5. The molecule has 1 aromatic carbocycles. The average molecular weight is 209 g/mol. The molecular formula is C12H16FNO. The fourth-order valence-electron chi connectivity index (χ4n) is 1.98. The van der Waals surface area contributed by atoms with Gasteiger partial charge < -0.3 is 10.1 Å². The minimum Gasteiger partial charge on any atom is -0.491 e. The highest BCUT2D eigenvalue weighted by Gasteiger charge is 2.17. The lowest BCUT2D eigenvalue weighted by atomic mass is 10.1. The van der Waals surface area contributed by atoms with Gasteiger partial charge in [0.15, 0.2) is 11.6 Å². The van der Waals surface area contributed by atoms with Crippen molar-refractivity contribution in [1.29, 1.82) is 0 Å². The summed E-state index contributed by atoms with van der Waals surface area (Å²) >= 11 is 0. The van der Waals surface area contributed by atoms with Gasteiger partial charge in [-0.1, -0.05) is 6.07 Å². The molecule has 1 fully saturated rings. The van der Waals surface area contributed by atoms with Gasteiger partial charge in [-0.05, 0) is 44.0 Å². The van der Waals surface area contributed by atoms with Crippen LogP contribution in [0.4, 0.5) is 4.39 Å². The largest absolute Gasteiger partial charge is 0.491 e. The Morgan fingerprint density at radius 1 is 1.53 bits per heavy atom. The quantitative estimate of drug-likeness (QED) is 0.826. The first-order valence-electron chi connectivity index (χ1n) is 5.47. The zero-order chi connectivity index (χ0) is 10.7. The van der Waals surface area contributed by atoms with Gasteiger partial charge in [0.2, 0.25) is 0 Å². The van der Waals surface area contributed by atoms with Crippen LogP contribution in [0.15, 0.2) is 18.2 Å². The van der Waals surface area contributed by atoms with Gasteiger partial charge >= 0.3 is 0 Å².